The Bertz CT molecular complexity index is 1430. The van der Waals surface area contributed by atoms with E-state index in [0.717, 1.165) is 0 Å². The molecule has 2 heterocycles. The molecule has 176 valence electrons. The monoisotopic (exact) mass is 492 g/mol. The molecule has 1 aliphatic heterocycles. The minimum absolute atomic E-state index is 0.169. The van der Waals surface area contributed by atoms with Crippen LogP contribution in [0, 0.1) is 17.5 Å². The third-order valence-electron chi connectivity index (χ3n) is 5.82. The summed E-state index contributed by atoms with van der Waals surface area (Å²) in [6.07, 6.45) is 0. The van der Waals surface area contributed by atoms with Crippen LogP contribution in [0.4, 0.5) is 13.2 Å². The van der Waals surface area contributed by atoms with E-state index in [1.54, 1.807) is 47.4 Å². The summed E-state index contributed by atoms with van der Waals surface area (Å²) in [7, 11) is 0. The molecular formula is C26H19F3N4OS. The molecule has 1 unspecified atom stereocenters. The van der Waals surface area contributed by atoms with E-state index in [2.05, 4.69) is 15.5 Å². The standard InChI is InChI=1S/C26H19F3N4OS/c1-15-22(25-31-24(32-34-25)16-9-11-19(27)12-10-16)23(17-6-4-7-20(28)13-17)30-26(35)33(15)14-18-5-2-3-8-21(18)29/h2-13,23H,14H2,1H3,(H,30,35). The Kier molecular flexibility index (Phi) is 6.08. The van der Waals surface area contributed by atoms with Gasteiger partial charge in [-0.3, -0.25) is 0 Å². The van der Waals surface area contributed by atoms with Crippen LogP contribution in [0.5, 0.6) is 0 Å². The fourth-order valence-corrected chi connectivity index (χ4v) is 4.35. The first-order chi connectivity index (χ1) is 16.9. The van der Waals surface area contributed by atoms with Crippen molar-refractivity contribution in [1.29, 1.82) is 0 Å². The van der Waals surface area contributed by atoms with Gasteiger partial charge in [0.2, 0.25) is 5.82 Å². The van der Waals surface area contributed by atoms with Gasteiger partial charge in [-0.25, -0.2) is 13.2 Å². The van der Waals surface area contributed by atoms with Crippen molar-refractivity contribution in [3.8, 4) is 11.4 Å². The van der Waals surface area contributed by atoms with Crippen molar-refractivity contribution in [2.24, 2.45) is 0 Å². The quantitative estimate of drug-likeness (QED) is 0.344. The predicted molar refractivity (Wildman–Crippen MR) is 129 cm³/mol. The van der Waals surface area contributed by atoms with Crippen molar-refractivity contribution in [2.45, 2.75) is 19.5 Å². The van der Waals surface area contributed by atoms with Crippen LogP contribution >= 0.6 is 12.2 Å². The van der Waals surface area contributed by atoms with Gasteiger partial charge in [-0.15, -0.1) is 0 Å². The summed E-state index contributed by atoms with van der Waals surface area (Å²) in [5.74, 6) is -0.681. The molecule has 1 aliphatic rings. The van der Waals surface area contributed by atoms with Crippen molar-refractivity contribution in [1.82, 2.24) is 20.4 Å². The molecule has 35 heavy (non-hydrogen) atoms. The summed E-state index contributed by atoms with van der Waals surface area (Å²) in [6.45, 7) is 1.99. The molecule has 1 atom stereocenters. The molecule has 0 saturated heterocycles. The minimum atomic E-state index is -0.586. The first-order valence-corrected chi connectivity index (χ1v) is 11.2. The number of aromatic nitrogens is 2. The van der Waals surface area contributed by atoms with Gasteiger partial charge in [0.05, 0.1) is 18.2 Å². The lowest BCUT2D eigenvalue weighted by molar-refractivity contribution is 0.395. The van der Waals surface area contributed by atoms with E-state index in [1.807, 2.05) is 6.92 Å². The molecule has 0 amide bonds. The smallest absolute Gasteiger partial charge is 0.258 e. The molecular weight excluding hydrogens is 473 g/mol. The van der Waals surface area contributed by atoms with E-state index in [1.165, 1.54) is 30.3 Å². The van der Waals surface area contributed by atoms with Gasteiger partial charge in [0.15, 0.2) is 5.11 Å². The van der Waals surface area contributed by atoms with E-state index in [-0.39, 0.29) is 29.9 Å². The van der Waals surface area contributed by atoms with Gasteiger partial charge in [-0.2, -0.15) is 4.98 Å². The average molecular weight is 493 g/mol. The zero-order valence-corrected chi connectivity index (χ0v) is 19.3. The van der Waals surface area contributed by atoms with Crippen LogP contribution in [-0.2, 0) is 6.54 Å². The lowest BCUT2D eigenvalue weighted by Crippen LogP contribution is -2.45. The zero-order chi connectivity index (χ0) is 24.5. The minimum Gasteiger partial charge on any atom is -0.351 e. The van der Waals surface area contributed by atoms with Crippen molar-refractivity contribution in [2.75, 3.05) is 0 Å². The summed E-state index contributed by atoms with van der Waals surface area (Å²) in [6, 6.07) is 17.7. The fourth-order valence-electron chi connectivity index (χ4n) is 4.03. The van der Waals surface area contributed by atoms with Crippen molar-refractivity contribution >= 4 is 22.9 Å². The normalized spacial score (nSPS) is 15.9. The maximum Gasteiger partial charge on any atom is 0.258 e. The lowest BCUT2D eigenvalue weighted by Gasteiger charge is -2.37. The number of nitrogens with one attached hydrogen (secondary N) is 1. The van der Waals surface area contributed by atoms with Crippen LogP contribution < -0.4 is 5.32 Å². The van der Waals surface area contributed by atoms with Gasteiger partial charge >= 0.3 is 0 Å². The largest absolute Gasteiger partial charge is 0.351 e. The second-order valence-electron chi connectivity index (χ2n) is 8.04. The summed E-state index contributed by atoms with van der Waals surface area (Å²) in [4.78, 5) is 6.27. The van der Waals surface area contributed by atoms with Gasteiger partial charge in [0.1, 0.15) is 17.5 Å². The molecule has 1 N–H and O–H groups in total. The van der Waals surface area contributed by atoms with Crippen LogP contribution in [0.1, 0.15) is 30.0 Å². The second kappa shape index (κ2) is 9.34. The highest BCUT2D eigenvalue weighted by Crippen LogP contribution is 2.38. The molecule has 0 saturated carbocycles. The molecule has 4 aromatic rings. The third-order valence-corrected chi connectivity index (χ3v) is 6.16. The Labute approximate surface area is 204 Å². The number of hydrogen-bond acceptors (Lipinski definition) is 4. The zero-order valence-electron chi connectivity index (χ0n) is 18.5. The molecule has 5 nitrogen and oxygen atoms in total. The Balaban J connectivity index is 1.61. The van der Waals surface area contributed by atoms with E-state index in [0.29, 0.717) is 33.1 Å². The van der Waals surface area contributed by atoms with Crippen LogP contribution in [-0.4, -0.2) is 20.2 Å². The Morgan fingerprint density at radius 1 is 0.971 bits per heavy atom. The molecule has 9 heteroatoms. The lowest BCUT2D eigenvalue weighted by atomic mass is 9.94. The molecule has 0 spiro atoms. The Morgan fingerprint density at radius 2 is 1.74 bits per heavy atom. The highest BCUT2D eigenvalue weighted by Gasteiger charge is 2.34. The molecule has 0 fully saturated rings. The Hall–Kier alpha value is -3.98. The number of thiocarbonyl (C=S) groups is 1. The van der Waals surface area contributed by atoms with Gasteiger partial charge in [-0.1, -0.05) is 35.5 Å². The van der Waals surface area contributed by atoms with Crippen LogP contribution in [0.25, 0.3) is 17.0 Å². The van der Waals surface area contributed by atoms with Crippen molar-refractivity contribution < 1.29 is 17.7 Å². The molecule has 5 rings (SSSR count). The SMILES string of the molecule is CC1=C(c2nc(-c3ccc(F)cc3)no2)C(c2cccc(F)c2)NC(=S)N1Cc1ccccc1F. The topological polar surface area (TPSA) is 54.2 Å². The van der Waals surface area contributed by atoms with Gasteiger partial charge in [0, 0.05) is 16.8 Å². The van der Waals surface area contributed by atoms with E-state index < -0.39 is 11.9 Å². The van der Waals surface area contributed by atoms with Crippen molar-refractivity contribution in [3.63, 3.8) is 0 Å². The van der Waals surface area contributed by atoms with Crippen molar-refractivity contribution in [3.05, 3.63) is 113 Å². The number of hydrogen-bond donors (Lipinski definition) is 1. The fraction of sp³-hybridized carbons (Fsp3) is 0.115. The number of nitrogens with zero attached hydrogens (tertiary/aromatic N) is 3. The number of allylic oxidation sites excluding steroid dienone is 1. The maximum absolute atomic E-state index is 14.4. The molecule has 0 radical (unpaired) electrons. The van der Waals surface area contributed by atoms with Gasteiger partial charge < -0.3 is 14.7 Å². The van der Waals surface area contributed by atoms with Gasteiger partial charge in [0.25, 0.3) is 5.89 Å². The van der Waals surface area contributed by atoms with Crippen LogP contribution in [0.15, 0.2) is 83.0 Å². The van der Waals surface area contributed by atoms with Crippen LogP contribution in [0.3, 0.4) is 0 Å². The first kappa shape index (κ1) is 22.8. The summed E-state index contributed by atoms with van der Waals surface area (Å²) >= 11 is 5.62. The summed E-state index contributed by atoms with van der Waals surface area (Å²) < 4.78 is 47.5. The van der Waals surface area contributed by atoms with E-state index >= 15 is 0 Å². The highest BCUT2D eigenvalue weighted by atomic mass is 32.1. The average Bonchev–Trinajstić information content (AvgIpc) is 3.32. The summed E-state index contributed by atoms with van der Waals surface area (Å²) in [5, 5.41) is 7.62. The highest BCUT2D eigenvalue weighted by molar-refractivity contribution is 7.80. The summed E-state index contributed by atoms with van der Waals surface area (Å²) in [5.41, 5.74) is 2.86. The number of rotatable bonds is 5. The van der Waals surface area contributed by atoms with E-state index in [4.69, 9.17) is 16.7 Å². The first-order valence-electron chi connectivity index (χ1n) is 10.8. The van der Waals surface area contributed by atoms with Crippen LogP contribution in [0.2, 0.25) is 0 Å². The molecule has 3 aromatic carbocycles. The number of halogens is 3. The molecule has 0 bridgehead atoms. The third kappa shape index (κ3) is 4.54. The second-order valence-corrected chi connectivity index (χ2v) is 8.43. The van der Waals surface area contributed by atoms with Gasteiger partial charge in [-0.05, 0) is 67.2 Å². The predicted octanol–water partition coefficient (Wildman–Crippen LogP) is 6.02. The molecule has 1 aromatic heterocycles. The van der Waals surface area contributed by atoms with E-state index in [9.17, 15) is 13.2 Å². The Morgan fingerprint density at radius 3 is 2.49 bits per heavy atom. The molecule has 0 aliphatic carbocycles. The number of benzene rings is 3. The maximum atomic E-state index is 14.4.